The molecule has 0 amide bonds. The van der Waals surface area contributed by atoms with Crippen LogP contribution in [-0.2, 0) is 0 Å². The molecule has 1 heterocycles. The van der Waals surface area contributed by atoms with Crippen LogP contribution in [0.4, 0.5) is 0 Å². The van der Waals surface area contributed by atoms with E-state index >= 15 is 0 Å². The van der Waals surface area contributed by atoms with Crippen molar-refractivity contribution in [3.8, 4) is 6.07 Å². The highest BCUT2D eigenvalue weighted by Crippen LogP contribution is 2.42. The molecule has 14 heavy (non-hydrogen) atoms. The molecule has 2 aliphatic rings. The molecule has 78 valence electrons. The van der Waals surface area contributed by atoms with Crippen LogP contribution in [0.5, 0.6) is 0 Å². The second-order valence-corrected chi connectivity index (χ2v) is 5.03. The fourth-order valence-electron chi connectivity index (χ4n) is 3.06. The Labute approximate surface area is 86.9 Å². The molecule has 1 aliphatic heterocycles. The summed E-state index contributed by atoms with van der Waals surface area (Å²) in [5.41, 5.74) is 0.673. The van der Waals surface area contributed by atoms with Gasteiger partial charge in [-0.15, -0.1) is 0 Å². The number of hydrogen-bond acceptors (Lipinski definition) is 2. The molecule has 0 aromatic rings. The summed E-state index contributed by atoms with van der Waals surface area (Å²) in [4.78, 5) is 2.45. The lowest BCUT2D eigenvalue weighted by molar-refractivity contribution is -0.00986. The molecule has 0 atom stereocenters. The number of likely N-dealkylation sites (tertiary alicyclic amines) is 1. The van der Waals surface area contributed by atoms with E-state index in [9.17, 15) is 0 Å². The van der Waals surface area contributed by atoms with E-state index in [4.69, 9.17) is 5.26 Å². The molecule has 0 N–H and O–H groups in total. The lowest BCUT2D eigenvalue weighted by atomic mass is 9.73. The van der Waals surface area contributed by atoms with E-state index in [2.05, 4.69) is 11.0 Å². The van der Waals surface area contributed by atoms with Gasteiger partial charge in [-0.05, 0) is 18.3 Å². The van der Waals surface area contributed by atoms with Crippen LogP contribution in [0.1, 0.15) is 44.9 Å². The summed E-state index contributed by atoms with van der Waals surface area (Å²) < 4.78 is 0. The Balaban J connectivity index is 1.76. The van der Waals surface area contributed by atoms with Crippen molar-refractivity contribution in [2.45, 2.75) is 44.9 Å². The number of hydrogen-bond donors (Lipinski definition) is 0. The maximum absolute atomic E-state index is 8.50. The minimum Gasteiger partial charge on any atom is -0.301 e. The van der Waals surface area contributed by atoms with E-state index in [1.807, 2.05) is 0 Å². The molecule has 1 spiro atoms. The lowest BCUT2D eigenvalue weighted by Gasteiger charge is -2.50. The zero-order valence-corrected chi connectivity index (χ0v) is 8.97. The van der Waals surface area contributed by atoms with Crippen LogP contribution in [0.3, 0.4) is 0 Å². The van der Waals surface area contributed by atoms with Crippen molar-refractivity contribution < 1.29 is 0 Å². The molecule has 0 aromatic carbocycles. The Hall–Kier alpha value is -0.550. The molecule has 1 saturated carbocycles. The average molecular weight is 192 g/mol. The normalized spacial score (nSPS) is 26.5. The SMILES string of the molecule is N#CCCN1CC2(CCCCCC2)C1. The number of rotatable bonds is 2. The van der Waals surface area contributed by atoms with Gasteiger partial charge >= 0.3 is 0 Å². The van der Waals surface area contributed by atoms with Crippen LogP contribution in [0.25, 0.3) is 0 Å². The maximum Gasteiger partial charge on any atom is 0.0635 e. The summed E-state index contributed by atoms with van der Waals surface area (Å²) in [5, 5.41) is 8.50. The van der Waals surface area contributed by atoms with Crippen molar-refractivity contribution in [3.63, 3.8) is 0 Å². The molecule has 1 aliphatic carbocycles. The van der Waals surface area contributed by atoms with Gasteiger partial charge in [0.1, 0.15) is 0 Å². The molecule has 0 bridgehead atoms. The number of nitriles is 1. The summed E-state index contributed by atoms with van der Waals surface area (Å²) in [6, 6.07) is 2.23. The Bertz CT molecular complexity index is 213. The highest BCUT2D eigenvalue weighted by atomic mass is 15.2. The standard InChI is InChI=1S/C12H20N2/c13-8-5-9-14-10-12(11-14)6-3-1-2-4-7-12/h1-7,9-11H2. The molecule has 1 saturated heterocycles. The predicted molar refractivity (Wildman–Crippen MR) is 56.8 cm³/mol. The molecular formula is C12H20N2. The van der Waals surface area contributed by atoms with E-state index in [1.54, 1.807) is 0 Å². The van der Waals surface area contributed by atoms with Crippen molar-refractivity contribution in [1.29, 1.82) is 5.26 Å². The maximum atomic E-state index is 8.50. The molecular weight excluding hydrogens is 172 g/mol. The third kappa shape index (κ3) is 2.09. The molecule has 2 rings (SSSR count). The molecule has 0 radical (unpaired) electrons. The van der Waals surface area contributed by atoms with Crippen molar-refractivity contribution >= 4 is 0 Å². The van der Waals surface area contributed by atoms with E-state index in [1.165, 1.54) is 51.6 Å². The van der Waals surface area contributed by atoms with E-state index in [-0.39, 0.29) is 0 Å². The first-order chi connectivity index (χ1) is 6.85. The Morgan fingerprint density at radius 1 is 1.07 bits per heavy atom. The van der Waals surface area contributed by atoms with Crippen LogP contribution >= 0.6 is 0 Å². The van der Waals surface area contributed by atoms with Gasteiger partial charge in [0.25, 0.3) is 0 Å². The van der Waals surface area contributed by atoms with Gasteiger partial charge in [0, 0.05) is 26.1 Å². The highest BCUT2D eigenvalue weighted by molar-refractivity contribution is 4.96. The lowest BCUT2D eigenvalue weighted by Crippen LogP contribution is -2.56. The topological polar surface area (TPSA) is 27.0 Å². The first-order valence-electron chi connectivity index (χ1n) is 5.94. The summed E-state index contributed by atoms with van der Waals surface area (Å²) in [6.07, 6.45) is 9.35. The Morgan fingerprint density at radius 2 is 1.71 bits per heavy atom. The van der Waals surface area contributed by atoms with E-state index < -0.39 is 0 Å². The fraction of sp³-hybridized carbons (Fsp3) is 0.917. The van der Waals surface area contributed by atoms with Gasteiger partial charge < -0.3 is 4.90 Å². The third-order valence-electron chi connectivity index (χ3n) is 3.82. The Morgan fingerprint density at radius 3 is 2.29 bits per heavy atom. The third-order valence-corrected chi connectivity index (χ3v) is 3.82. The van der Waals surface area contributed by atoms with Gasteiger partial charge in [0.15, 0.2) is 0 Å². The van der Waals surface area contributed by atoms with Crippen molar-refractivity contribution in [3.05, 3.63) is 0 Å². The van der Waals surface area contributed by atoms with Crippen LogP contribution in [0.15, 0.2) is 0 Å². The van der Waals surface area contributed by atoms with Crippen LogP contribution in [0, 0.1) is 16.7 Å². The molecule has 2 fully saturated rings. The van der Waals surface area contributed by atoms with Crippen LogP contribution in [0.2, 0.25) is 0 Å². The molecule has 0 unspecified atom stereocenters. The largest absolute Gasteiger partial charge is 0.301 e. The average Bonchev–Trinajstić information content (AvgIpc) is 2.38. The summed E-state index contributed by atoms with van der Waals surface area (Å²) >= 11 is 0. The molecule has 2 heteroatoms. The highest BCUT2D eigenvalue weighted by Gasteiger charge is 2.41. The zero-order valence-electron chi connectivity index (χ0n) is 8.97. The minimum absolute atomic E-state index is 0.673. The van der Waals surface area contributed by atoms with Gasteiger partial charge in [-0.25, -0.2) is 0 Å². The van der Waals surface area contributed by atoms with Crippen molar-refractivity contribution in [1.82, 2.24) is 4.90 Å². The van der Waals surface area contributed by atoms with Crippen LogP contribution < -0.4 is 0 Å². The second kappa shape index (κ2) is 4.31. The summed E-state index contributed by atoms with van der Waals surface area (Å²) in [7, 11) is 0. The predicted octanol–water partition coefficient (Wildman–Crippen LogP) is 2.56. The smallest absolute Gasteiger partial charge is 0.0635 e. The molecule has 0 aromatic heterocycles. The van der Waals surface area contributed by atoms with Crippen molar-refractivity contribution in [2.75, 3.05) is 19.6 Å². The number of nitrogens with zero attached hydrogens (tertiary/aromatic N) is 2. The first kappa shape index (κ1) is 9.98. The monoisotopic (exact) mass is 192 g/mol. The summed E-state index contributed by atoms with van der Waals surface area (Å²) in [6.45, 7) is 3.54. The van der Waals surface area contributed by atoms with E-state index in [0.717, 1.165) is 6.54 Å². The van der Waals surface area contributed by atoms with Gasteiger partial charge in [0.2, 0.25) is 0 Å². The van der Waals surface area contributed by atoms with Gasteiger partial charge in [-0.1, -0.05) is 25.7 Å². The van der Waals surface area contributed by atoms with Gasteiger partial charge in [-0.3, -0.25) is 0 Å². The van der Waals surface area contributed by atoms with Gasteiger partial charge in [0.05, 0.1) is 6.07 Å². The minimum atomic E-state index is 0.673. The summed E-state index contributed by atoms with van der Waals surface area (Å²) in [5.74, 6) is 0. The Kier molecular flexibility index (Phi) is 3.08. The van der Waals surface area contributed by atoms with E-state index in [0.29, 0.717) is 11.8 Å². The quantitative estimate of drug-likeness (QED) is 0.672. The fourth-order valence-corrected chi connectivity index (χ4v) is 3.06. The first-order valence-corrected chi connectivity index (χ1v) is 5.94. The van der Waals surface area contributed by atoms with Crippen LogP contribution in [-0.4, -0.2) is 24.5 Å². The second-order valence-electron chi connectivity index (χ2n) is 5.03. The van der Waals surface area contributed by atoms with Gasteiger partial charge in [-0.2, -0.15) is 5.26 Å². The van der Waals surface area contributed by atoms with Crippen molar-refractivity contribution in [2.24, 2.45) is 5.41 Å². The molecule has 2 nitrogen and oxygen atoms in total. The zero-order chi connectivity index (χ0) is 9.86.